The van der Waals surface area contributed by atoms with Crippen molar-refractivity contribution >= 4 is 27.6 Å². The van der Waals surface area contributed by atoms with E-state index in [-0.39, 0.29) is 16.0 Å². The molecule has 0 fully saturated rings. The number of hydrogen-bond donors (Lipinski definition) is 3. The molecule has 0 saturated carbocycles. The van der Waals surface area contributed by atoms with Gasteiger partial charge in [0.2, 0.25) is 10.0 Å². The highest BCUT2D eigenvalue weighted by Crippen LogP contribution is 2.15. The second kappa shape index (κ2) is 5.96. The minimum Gasteiger partial charge on any atom is -0.478 e. The Balaban J connectivity index is 2.25. The van der Waals surface area contributed by atoms with E-state index in [2.05, 4.69) is 5.32 Å². The Hall–Kier alpha value is -2.71. The van der Waals surface area contributed by atoms with Gasteiger partial charge in [0.1, 0.15) is 0 Å². The van der Waals surface area contributed by atoms with Crippen molar-refractivity contribution < 1.29 is 23.1 Å². The van der Waals surface area contributed by atoms with Gasteiger partial charge < -0.3 is 10.4 Å². The average molecular weight is 320 g/mol. The van der Waals surface area contributed by atoms with Gasteiger partial charge >= 0.3 is 5.97 Å². The molecule has 2 aromatic rings. The molecule has 1 amide bonds. The first-order valence-corrected chi connectivity index (χ1v) is 7.60. The molecule has 114 valence electrons. The summed E-state index contributed by atoms with van der Waals surface area (Å²) in [6.07, 6.45) is 0. The Kier molecular flexibility index (Phi) is 4.25. The van der Waals surface area contributed by atoms with Crippen LogP contribution in [0.15, 0.2) is 53.4 Å². The van der Waals surface area contributed by atoms with Crippen molar-refractivity contribution in [2.24, 2.45) is 5.14 Å². The predicted octanol–water partition coefficient (Wildman–Crippen LogP) is 1.28. The average Bonchev–Trinajstić information content (AvgIpc) is 2.46. The number of carbonyl (C=O) groups is 2. The second-order valence-corrected chi connectivity index (χ2v) is 5.94. The summed E-state index contributed by atoms with van der Waals surface area (Å²) in [6.45, 7) is 0. The number of rotatable bonds is 4. The summed E-state index contributed by atoms with van der Waals surface area (Å²) in [6, 6.07) is 11.0. The van der Waals surface area contributed by atoms with Crippen molar-refractivity contribution in [2.45, 2.75) is 4.90 Å². The molecule has 0 heterocycles. The Morgan fingerprint density at radius 3 is 2.00 bits per heavy atom. The number of hydrogen-bond acceptors (Lipinski definition) is 4. The van der Waals surface area contributed by atoms with E-state index in [4.69, 9.17) is 10.2 Å². The summed E-state index contributed by atoms with van der Waals surface area (Å²) >= 11 is 0. The van der Waals surface area contributed by atoms with E-state index in [0.29, 0.717) is 5.69 Å². The monoisotopic (exact) mass is 320 g/mol. The van der Waals surface area contributed by atoms with Crippen LogP contribution in [0.4, 0.5) is 5.69 Å². The third-order valence-electron chi connectivity index (χ3n) is 2.84. The Morgan fingerprint density at radius 1 is 0.955 bits per heavy atom. The molecule has 4 N–H and O–H groups in total. The maximum absolute atomic E-state index is 12.1. The number of aromatic carboxylic acids is 1. The fourth-order valence-electron chi connectivity index (χ4n) is 1.79. The van der Waals surface area contributed by atoms with Crippen LogP contribution in [0, 0.1) is 0 Å². The first-order valence-electron chi connectivity index (χ1n) is 6.05. The SMILES string of the molecule is NS(=O)(=O)c1ccc(NC(=O)c2ccccc2C(=O)O)cc1. The molecule has 8 heteroatoms. The molecule has 0 spiro atoms. The van der Waals surface area contributed by atoms with Gasteiger partial charge in [-0.05, 0) is 36.4 Å². The minimum atomic E-state index is -3.81. The van der Waals surface area contributed by atoms with Crippen molar-refractivity contribution in [1.29, 1.82) is 0 Å². The fraction of sp³-hybridized carbons (Fsp3) is 0. The highest BCUT2D eigenvalue weighted by atomic mass is 32.2. The normalized spacial score (nSPS) is 11.0. The van der Waals surface area contributed by atoms with Crippen LogP contribution in [0.2, 0.25) is 0 Å². The summed E-state index contributed by atoms with van der Waals surface area (Å²) in [7, 11) is -3.81. The van der Waals surface area contributed by atoms with E-state index >= 15 is 0 Å². The van der Waals surface area contributed by atoms with Gasteiger partial charge in [-0.2, -0.15) is 0 Å². The Labute approximate surface area is 126 Å². The molecule has 0 aliphatic heterocycles. The van der Waals surface area contributed by atoms with Crippen LogP contribution < -0.4 is 10.5 Å². The Bertz CT molecular complexity index is 829. The Morgan fingerprint density at radius 2 is 1.50 bits per heavy atom. The second-order valence-electron chi connectivity index (χ2n) is 4.37. The van der Waals surface area contributed by atoms with E-state index in [0.717, 1.165) is 0 Å². The topological polar surface area (TPSA) is 127 Å². The molecule has 0 saturated heterocycles. The molecule has 2 aromatic carbocycles. The maximum atomic E-state index is 12.1. The first kappa shape index (κ1) is 15.7. The molecule has 0 aliphatic rings. The predicted molar refractivity (Wildman–Crippen MR) is 79.2 cm³/mol. The van der Waals surface area contributed by atoms with Crippen molar-refractivity contribution in [1.82, 2.24) is 0 Å². The van der Waals surface area contributed by atoms with E-state index < -0.39 is 21.9 Å². The van der Waals surface area contributed by atoms with Crippen molar-refractivity contribution in [3.63, 3.8) is 0 Å². The van der Waals surface area contributed by atoms with Gasteiger partial charge in [-0.25, -0.2) is 18.4 Å². The van der Waals surface area contributed by atoms with E-state index in [1.54, 1.807) is 6.07 Å². The van der Waals surface area contributed by atoms with Gasteiger partial charge in [-0.3, -0.25) is 4.79 Å². The van der Waals surface area contributed by atoms with Crippen LogP contribution in [-0.2, 0) is 10.0 Å². The number of carboxylic acid groups (broad SMARTS) is 1. The molecular weight excluding hydrogens is 308 g/mol. The maximum Gasteiger partial charge on any atom is 0.336 e. The number of carbonyl (C=O) groups excluding carboxylic acids is 1. The van der Waals surface area contributed by atoms with Crippen LogP contribution in [0.3, 0.4) is 0 Å². The van der Waals surface area contributed by atoms with Gasteiger partial charge in [0.05, 0.1) is 16.0 Å². The summed E-state index contributed by atoms with van der Waals surface area (Å²) in [5.74, 6) is -1.82. The van der Waals surface area contributed by atoms with Gasteiger partial charge in [0, 0.05) is 5.69 Å². The van der Waals surface area contributed by atoms with Gasteiger partial charge in [0.15, 0.2) is 0 Å². The lowest BCUT2D eigenvalue weighted by Gasteiger charge is -2.08. The fourth-order valence-corrected chi connectivity index (χ4v) is 2.31. The molecule has 0 bridgehead atoms. The van der Waals surface area contributed by atoms with E-state index in [1.807, 2.05) is 0 Å². The van der Waals surface area contributed by atoms with Crippen molar-refractivity contribution in [2.75, 3.05) is 5.32 Å². The number of carboxylic acids is 1. The zero-order chi connectivity index (χ0) is 16.3. The van der Waals surface area contributed by atoms with Gasteiger partial charge in [0.25, 0.3) is 5.91 Å². The molecule has 22 heavy (non-hydrogen) atoms. The lowest BCUT2D eigenvalue weighted by molar-refractivity contribution is 0.0692. The van der Waals surface area contributed by atoms with Crippen LogP contribution in [0.1, 0.15) is 20.7 Å². The number of nitrogens with one attached hydrogen (secondary N) is 1. The van der Waals surface area contributed by atoms with Crippen molar-refractivity contribution in [3.8, 4) is 0 Å². The molecule has 0 unspecified atom stereocenters. The standard InChI is InChI=1S/C14H12N2O5S/c15-22(20,21)10-7-5-9(6-8-10)16-13(17)11-3-1-2-4-12(11)14(18)19/h1-8H,(H,16,17)(H,18,19)(H2,15,20,21). The van der Waals surface area contributed by atoms with E-state index in [9.17, 15) is 18.0 Å². The third-order valence-corrected chi connectivity index (χ3v) is 3.77. The largest absolute Gasteiger partial charge is 0.478 e. The number of nitrogens with two attached hydrogens (primary N) is 1. The minimum absolute atomic E-state index is 0.00511. The van der Waals surface area contributed by atoms with Gasteiger partial charge in [-0.1, -0.05) is 12.1 Å². The lowest BCUT2D eigenvalue weighted by Crippen LogP contribution is -2.16. The molecule has 7 nitrogen and oxygen atoms in total. The van der Waals surface area contributed by atoms with Crippen LogP contribution in [0.25, 0.3) is 0 Å². The molecule has 0 aliphatic carbocycles. The summed E-state index contributed by atoms with van der Waals surface area (Å²) in [5.41, 5.74) is 0.198. The lowest BCUT2D eigenvalue weighted by atomic mass is 10.1. The van der Waals surface area contributed by atoms with Crippen LogP contribution in [0.5, 0.6) is 0 Å². The molecule has 0 atom stereocenters. The van der Waals surface area contributed by atoms with Gasteiger partial charge in [-0.15, -0.1) is 0 Å². The third kappa shape index (κ3) is 3.48. The number of anilines is 1. The number of benzene rings is 2. The molecule has 0 aromatic heterocycles. The number of primary sulfonamides is 1. The summed E-state index contributed by atoms with van der Waals surface area (Å²) in [5, 5.41) is 16.5. The van der Waals surface area contributed by atoms with Crippen LogP contribution >= 0.6 is 0 Å². The zero-order valence-corrected chi connectivity index (χ0v) is 12.0. The first-order chi connectivity index (χ1) is 10.3. The molecule has 0 radical (unpaired) electrons. The highest BCUT2D eigenvalue weighted by Gasteiger charge is 2.16. The van der Waals surface area contributed by atoms with Crippen LogP contribution in [-0.4, -0.2) is 25.4 Å². The summed E-state index contributed by atoms with van der Waals surface area (Å²) < 4.78 is 22.3. The van der Waals surface area contributed by atoms with Crippen molar-refractivity contribution in [3.05, 3.63) is 59.7 Å². The van der Waals surface area contributed by atoms with E-state index in [1.165, 1.54) is 42.5 Å². The molecule has 2 rings (SSSR count). The number of sulfonamides is 1. The highest BCUT2D eigenvalue weighted by molar-refractivity contribution is 7.89. The smallest absolute Gasteiger partial charge is 0.336 e. The zero-order valence-electron chi connectivity index (χ0n) is 11.2. The quantitative estimate of drug-likeness (QED) is 0.782. The number of amides is 1. The molecular formula is C14H12N2O5S. The summed E-state index contributed by atoms with van der Waals surface area (Å²) in [4.78, 5) is 23.1.